The summed E-state index contributed by atoms with van der Waals surface area (Å²) in [7, 11) is 0. The van der Waals surface area contributed by atoms with Gasteiger partial charge >= 0.3 is 17.9 Å². The molecule has 1 atom stereocenters. The fraction of sp³-hybridized carbons (Fsp3) is 0.630. The third kappa shape index (κ3) is 64.0. The van der Waals surface area contributed by atoms with Gasteiger partial charge in [0.25, 0.3) is 0 Å². The van der Waals surface area contributed by atoms with Gasteiger partial charge in [-0.05, 0) is 122 Å². The predicted octanol–water partition coefficient (Wildman–Crippen LogP) is 22.3. The third-order valence-electron chi connectivity index (χ3n) is 13.3. The summed E-state index contributed by atoms with van der Waals surface area (Å²) in [6.45, 7) is 6.35. The smallest absolute Gasteiger partial charge is 0.306 e. The second kappa shape index (κ2) is 65.8. The van der Waals surface area contributed by atoms with Crippen molar-refractivity contribution in [2.24, 2.45) is 0 Å². The van der Waals surface area contributed by atoms with Crippen molar-refractivity contribution in [3.63, 3.8) is 0 Å². The zero-order valence-electron chi connectivity index (χ0n) is 51.1. The molecule has 446 valence electrons. The monoisotopic (exact) mass is 1090 g/mol. The molecule has 79 heavy (non-hydrogen) atoms. The van der Waals surface area contributed by atoms with Gasteiger partial charge in [-0.15, -0.1) is 0 Å². The van der Waals surface area contributed by atoms with Crippen LogP contribution in [0.4, 0.5) is 0 Å². The fourth-order valence-corrected chi connectivity index (χ4v) is 8.57. The van der Waals surface area contributed by atoms with E-state index in [4.69, 9.17) is 14.2 Å². The quantitative estimate of drug-likeness (QED) is 0.0261. The minimum Gasteiger partial charge on any atom is -0.462 e. The van der Waals surface area contributed by atoms with Crippen LogP contribution in [-0.4, -0.2) is 37.2 Å². The highest BCUT2D eigenvalue weighted by molar-refractivity contribution is 5.71. The van der Waals surface area contributed by atoms with Crippen molar-refractivity contribution in [2.45, 2.75) is 284 Å². The lowest BCUT2D eigenvalue weighted by Gasteiger charge is -2.18. The second-order valence-electron chi connectivity index (χ2n) is 20.9. The van der Waals surface area contributed by atoms with E-state index in [0.717, 1.165) is 122 Å². The van der Waals surface area contributed by atoms with Crippen LogP contribution in [0, 0.1) is 0 Å². The summed E-state index contributed by atoms with van der Waals surface area (Å²) in [6, 6.07) is 0. The van der Waals surface area contributed by atoms with Crippen molar-refractivity contribution in [2.75, 3.05) is 13.2 Å². The number of hydrogen-bond acceptors (Lipinski definition) is 6. The Kier molecular flexibility index (Phi) is 61.9. The Hall–Kier alpha value is -4.71. The van der Waals surface area contributed by atoms with Gasteiger partial charge in [-0.2, -0.15) is 0 Å². The molecule has 0 amide bonds. The molecule has 0 saturated heterocycles. The Labute approximate surface area is 487 Å². The van der Waals surface area contributed by atoms with Crippen LogP contribution < -0.4 is 0 Å². The molecule has 0 N–H and O–H groups in total. The van der Waals surface area contributed by atoms with E-state index in [-0.39, 0.29) is 31.1 Å². The number of esters is 3. The molecule has 0 aliphatic heterocycles. The van der Waals surface area contributed by atoms with Crippen molar-refractivity contribution in [3.05, 3.63) is 146 Å². The van der Waals surface area contributed by atoms with E-state index in [1.807, 2.05) is 0 Å². The normalized spacial score (nSPS) is 13.1. The number of carbonyl (C=O) groups excluding carboxylic acids is 3. The van der Waals surface area contributed by atoms with Crippen LogP contribution in [0.25, 0.3) is 0 Å². The Morgan fingerprint density at radius 3 is 0.772 bits per heavy atom. The van der Waals surface area contributed by atoms with Gasteiger partial charge in [-0.3, -0.25) is 14.4 Å². The number of carbonyl (C=O) groups is 3. The van der Waals surface area contributed by atoms with Crippen LogP contribution >= 0.6 is 0 Å². The van der Waals surface area contributed by atoms with Gasteiger partial charge in [0.05, 0.1) is 0 Å². The highest BCUT2D eigenvalue weighted by Crippen LogP contribution is 2.16. The number of rotatable bonds is 57. The summed E-state index contributed by atoms with van der Waals surface area (Å²) in [5, 5.41) is 0. The molecular weight excluding hydrogens is 973 g/mol. The summed E-state index contributed by atoms with van der Waals surface area (Å²) < 4.78 is 16.9. The molecule has 1 unspecified atom stereocenters. The van der Waals surface area contributed by atoms with Crippen LogP contribution in [0.2, 0.25) is 0 Å². The van der Waals surface area contributed by atoms with Gasteiger partial charge in [0.15, 0.2) is 6.10 Å². The molecule has 0 spiro atoms. The lowest BCUT2D eigenvalue weighted by atomic mass is 10.0. The first-order valence-corrected chi connectivity index (χ1v) is 32.3. The van der Waals surface area contributed by atoms with Crippen LogP contribution in [0.5, 0.6) is 0 Å². The molecule has 0 aromatic carbocycles. The maximum Gasteiger partial charge on any atom is 0.306 e. The molecule has 0 rings (SSSR count). The molecule has 0 radical (unpaired) electrons. The van der Waals surface area contributed by atoms with Gasteiger partial charge in [-0.1, -0.05) is 282 Å². The molecule has 6 heteroatoms. The second-order valence-corrected chi connectivity index (χ2v) is 20.9. The fourth-order valence-electron chi connectivity index (χ4n) is 8.57. The van der Waals surface area contributed by atoms with Gasteiger partial charge in [0.2, 0.25) is 0 Å². The molecule has 0 aliphatic rings. The average molecular weight is 1090 g/mol. The van der Waals surface area contributed by atoms with Crippen LogP contribution in [-0.2, 0) is 28.6 Å². The third-order valence-corrected chi connectivity index (χ3v) is 13.3. The van der Waals surface area contributed by atoms with E-state index in [2.05, 4.69) is 167 Å². The van der Waals surface area contributed by atoms with E-state index in [9.17, 15) is 14.4 Å². The standard InChI is InChI=1S/C73H118O6/c1-4-7-10-13-16-19-22-25-28-30-32-33-34-35-36-37-38-39-41-42-45-48-51-54-57-60-63-66-72(75)78-69-70(68-77-71(74)65-62-59-56-53-50-47-44-27-24-21-18-15-12-9-6-3)79-73(76)67-64-61-58-55-52-49-46-43-40-31-29-26-23-20-17-14-11-8-5-2/h7,9-10,12,16,18-19,21,25,27-28,32-33,35-36,38-39,42,44-45,50-51,53-54,70H,4-6,8,11,13-15,17,20,22-24,26,29-31,34,37,40-41,43,46-49,52,55-69H2,1-3H3/b10-7-,12-9-,19-16-,21-18-,28-25-,33-32-,36-35-,39-38-,44-27-,45-42-,53-50-,54-51-. The highest BCUT2D eigenvalue weighted by Gasteiger charge is 2.19. The van der Waals surface area contributed by atoms with Crippen molar-refractivity contribution in [1.82, 2.24) is 0 Å². The minimum atomic E-state index is -0.819. The van der Waals surface area contributed by atoms with E-state index in [0.29, 0.717) is 32.1 Å². The molecule has 0 aromatic rings. The molecule has 0 aliphatic carbocycles. The van der Waals surface area contributed by atoms with E-state index in [1.54, 1.807) is 0 Å². The molecule has 0 aromatic heterocycles. The SMILES string of the molecule is CC/C=C\C/C=C\C/C=C\C/C=C\C/C=C\C/C=C\C/C=C\C/C=C\CCCCC(=O)OCC(COC(=O)CCCC/C=C\C/C=C\C/C=C\C/C=C\CC)OC(=O)CCCCCCCCCCCCCCCCCCCCC. The van der Waals surface area contributed by atoms with Crippen molar-refractivity contribution in [3.8, 4) is 0 Å². The van der Waals surface area contributed by atoms with Crippen LogP contribution in [0.1, 0.15) is 278 Å². The predicted molar refractivity (Wildman–Crippen MR) is 343 cm³/mol. The summed E-state index contributed by atoms with van der Waals surface area (Å²) in [5.74, 6) is -0.995. The Bertz CT molecular complexity index is 1730. The largest absolute Gasteiger partial charge is 0.462 e. The molecule has 0 heterocycles. The van der Waals surface area contributed by atoms with Crippen LogP contribution in [0.15, 0.2) is 146 Å². The maximum absolute atomic E-state index is 12.9. The molecular formula is C73H118O6. The van der Waals surface area contributed by atoms with Gasteiger partial charge in [0.1, 0.15) is 13.2 Å². The van der Waals surface area contributed by atoms with Crippen molar-refractivity contribution < 1.29 is 28.6 Å². The van der Waals surface area contributed by atoms with Crippen molar-refractivity contribution in [1.29, 1.82) is 0 Å². The first-order valence-electron chi connectivity index (χ1n) is 32.3. The molecule has 0 fully saturated rings. The summed E-state index contributed by atoms with van der Waals surface area (Å²) in [6.07, 6.45) is 94.3. The average Bonchev–Trinajstić information content (AvgIpc) is 3.45. The number of allylic oxidation sites excluding steroid dienone is 24. The van der Waals surface area contributed by atoms with Crippen molar-refractivity contribution >= 4 is 17.9 Å². The summed E-state index contributed by atoms with van der Waals surface area (Å²) in [4.78, 5) is 38.3. The Balaban J connectivity index is 4.49. The molecule has 6 nitrogen and oxygen atoms in total. The Morgan fingerprint density at radius 2 is 0.494 bits per heavy atom. The zero-order valence-corrected chi connectivity index (χ0v) is 51.1. The number of ether oxygens (including phenoxy) is 3. The van der Waals surface area contributed by atoms with Crippen LogP contribution in [0.3, 0.4) is 0 Å². The summed E-state index contributed by atoms with van der Waals surface area (Å²) in [5.41, 5.74) is 0. The lowest BCUT2D eigenvalue weighted by molar-refractivity contribution is -0.167. The van der Waals surface area contributed by atoms with E-state index < -0.39 is 6.10 Å². The Morgan fingerprint density at radius 1 is 0.266 bits per heavy atom. The minimum absolute atomic E-state index is 0.117. The highest BCUT2D eigenvalue weighted by atomic mass is 16.6. The summed E-state index contributed by atoms with van der Waals surface area (Å²) >= 11 is 0. The molecule has 0 saturated carbocycles. The first-order chi connectivity index (χ1) is 39.0. The lowest BCUT2D eigenvalue weighted by Crippen LogP contribution is -2.30. The number of unbranched alkanes of at least 4 members (excludes halogenated alkanes) is 22. The van der Waals surface area contributed by atoms with Gasteiger partial charge in [0, 0.05) is 19.3 Å². The van der Waals surface area contributed by atoms with Gasteiger partial charge in [-0.25, -0.2) is 0 Å². The number of hydrogen-bond donors (Lipinski definition) is 0. The first kappa shape index (κ1) is 74.3. The van der Waals surface area contributed by atoms with E-state index >= 15 is 0 Å². The zero-order chi connectivity index (χ0) is 57.1. The van der Waals surface area contributed by atoms with Gasteiger partial charge < -0.3 is 14.2 Å². The maximum atomic E-state index is 12.9. The molecule has 0 bridgehead atoms. The van der Waals surface area contributed by atoms with E-state index in [1.165, 1.54) is 103 Å². The topological polar surface area (TPSA) is 78.9 Å².